The predicted molar refractivity (Wildman–Crippen MR) is 142 cm³/mol. The molecule has 1 spiro atoms. The number of hydrogen-bond donors (Lipinski definition) is 0. The second-order valence-corrected chi connectivity index (χ2v) is 11.5. The third-order valence-corrected chi connectivity index (χ3v) is 8.81. The summed E-state index contributed by atoms with van der Waals surface area (Å²) in [6.07, 6.45) is 1.43. The zero-order valence-electron chi connectivity index (χ0n) is 21.3. The number of amides is 2. The van der Waals surface area contributed by atoms with Gasteiger partial charge < -0.3 is 4.74 Å². The third kappa shape index (κ3) is 4.00. The van der Waals surface area contributed by atoms with Crippen LogP contribution in [-0.4, -0.2) is 54.3 Å². The van der Waals surface area contributed by atoms with Crippen LogP contribution in [0.5, 0.6) is 0 Å². The highest BCUT2D eigenvalue weighted by atomic mass is 32.2. The first-order valence-corrected chi connectivity index (χ1v) is 13.5. The highest BCUT2D eigenvalue weighted by molar-refractivity contribution is 8.03. The molecule has 3 aliphatic heterocycles. The molecule has 3 heterocycles. The van der Waals surface area contributed by atoms with Crippen molar-refractivity contribution in [3.05, 3.63) is 59.2 Å². The van der Waals surface area contributed by atoms with Gasteiger partial charge in [0, 0.05) is 24.3 Å². The molecule has 0 N–H and O–H groups in total. The fourth-order valence-corrected chi connectivity index (χ4v) is 7.26. The van der Waals surface area contributed by atoms with Crippen LogP contribution in [0.25, 0.3) is 0 Å². The average molecular weight is 508 g/mol. The van der Waals surface area contributed by atoms with Gasteiger partial charge in [-0.2, -0.15) is 0 Å². The molecule has 3 aliphatic rings. The van der Waals surface area contributed by atoms with Crippen LogP contribution in [0.2, 0.25) is 0 Å². The van der Waals surface area contributed by atoms with Crippen LogP contribution in [0.4, 0.5) is 11.4 Å². The molecule has 5 rings (SSSR count). The van der Waals surface area contributed by atoms with Crippen LogP contribution < -0.4 is 9.80 Å². The summed E-state index contributed by atoms with van der Waals surface area (Å²) in [5.74, 6) is -0.348. The first-order valence-electron chi connectivity index (χ1n) is 12.7. The molecule has 36 heavy (non-hydrogen) atoms. The van der Waals surface area contributed by atoms with Gasteiger partial charge in [0.2, 0.25) is 10.8 Å². The van der Waals surface area contributed by atoms with Crippen molar-refractivity contribution in [3.8, 4) is 0 Å². The van der Waals surface area contributed by atoms with Gasteiger partial charge in [-0.15, -0.1) is 11.8 Å². The van der Waals surface area contributed by atoms with Gasteiger partial charge in [0.25, 0.3) is 5.91 Å². The number of aryl methyl sites for hydroxylation is 2. The van der Waals surface area contributed by atoms with E-state index in [1.165, 1.54) is 11.8 Å². The molecule has 0 aliphatic carbocycles. The maximum atomic E-state index is 14.4. The molecule has 0 bridgehead atoms. The Bertz CT molecular complexity index is 1190. The van der Waals surface area contributed by atoms with Gasteiger partial charge >= 0.3 is 5.97 Å². The number of fused-ring (bicyclic) bond motifs is 2. The number of thioether (sulfide) groups is 1. The summed E-state index contributed by atoms with van der Waals surface area (Å²) in [5, 5.41) is -0.344. The molecule has 8 heteroatoms. The van der Waals surface area contributed by atoms with E-state index in [0.717, 1.165) is 28.1 Å². The number of ether oxygens (including phenoxy) is 1. The monoisotopic (exact) mass is 507 g/mol. The molecule has 7 nitrogen and oxygen atoms in total. The summed E-state index contributed by atoms with van der Waals surface area (Å²) in [6.45, 7) is 9.98. The van der Waals surface area contributed by atoms with Gasteiger partial charge in [-0.3, -0.25) is 29.1 Å². The van der Waals surface area contributed by atoms with Crippen LogP contribution in [0.1, 0.15) is 43.4 Å². The molecule has 2 fully saturated rings. The number of carbonyl (C=O) groups excluding carboxylic acids is 3. The number of piperidine rings is 1. The van der Waals surface area contributed by atoms with Crippen molar-refractivity contribution in [2.75, 3.05) is 36.2 Å². The molecule has 0 radical (unpaired) electrons. The lowest BCUT2D eigenvalue weighted by Gasteiger charge is -2.36. The van der Waals surface area contributed by atoms with Crippen molar-refractivity contribution in [3.63, 3.8) is 0 Å². The Morgan fingerprint density at radius 3 is 2.42 bits per heavy atom. The number of rotatable bonds is 5. The van der Waals surface area contributed by atoms with E-state index in [4.69, 9.17) is 4.74 Å². The van der Waals surface area contributed by atoms with E-state index in [-0.39, 0.29) is 29.0 Å². The largest absolute Gasteiger partial charge is 0.466 e. The first kappa shape index (κ1) is 24.8. The van der Waals surface area contributed by atoms with E-state index < -0.39 is 4.87 Å². The number of carbonyl (C=O) groups is 3. The van der Waals surface area contributed by atoms with Crippen molar-refractivity contribution in [2.45, 2.75) is 50.7 Å². The molecule has 2 atom stereocenters. The number of nitrogens with zero attached hydrogens (tertiary/aromatic N) is 3. The van der Waals surface area contributed by atoms with Gasteiger partial charge in [-0.05, 0) is 69.9 Å². The standard InChI is InChI=1S/C28H33N3O4S/c1-5-35-26(33)21-10-12-29(13-11-21)17-30-24-9-7-6-8-23(24)28(27(30)34)31(25(32)20(4)36-28)22-15-18(2)14-19(3)16-22/h6-9,14-16,20-21H,5,10-13,17H2,1-4H3. The number of hydrogen-bond acceptors (Lipinski definition) is 6. The SMILES string of the molecule is CCOC(=O)C1CCN(CN2C(=O)C3(SC(C)C(=O)N3c3cc(C)cc(C)c3)c3ccccc32)CC1. The minimum Gasteiger partial charge on any atom is -0.466 e. The summed E-state index contributed by atoms with van der Waals surface area (Å²) in [7, 11) is 0. The van der Waals surface area contributed by atoms with Crippen LogP contribution in [0.3, 0.4) is 0 Å². The van der Waals surface area contributed by atoms with Crippen LogP contribution in [0, 0.1) is 19.8 Å². The van der Waals surface area contributed by atoms with Crippen molar-refractivity contribution >= 4 is 40.9 Å². The highest BCUT2D eigenvalue weighted by Crippen LogP contribution is 2.57. The minimum atomic E-state index is -1.13. The minimum absolute atomic E-state index is 0.0507. The van der Waals surface area contributed by atoms with E-state index in [1.807, 2.05) is 69.0 Å². The van der Waals surface area contributed by atoms with Crippen LogP contribution in [0.15, 0.2) is 42.5 Å². The lowest BCUT2D eigenvalue weighted by molar-refractivity contribution is -0.149. The molecule has 0 saturated carbocycles. The number of anilines is 2. The Hall–Kier alpha value is -2.84. The Balaban J connectivity index is 1.47. The highest BCUT2D eigenvalue weighted by Gasteiger charge is 2.63. The Morgan fingerprint density at radius 2 is 1.75 bits per heavy atom. The van der Waals surface area contributed by atoms with Crippen molar-refractivity contribution in [1.82, 2.24) is 4.90 Å². The molecule has 0 aromatic heterocycles. The summed E-state index contributed by atoms with van der Waals surface area (Å²) < 4.78 is 5.21. The summed E-state index contributed by atoms with van der Waals surface area (Å²) >= 11 is 1.43. The topological polar surface area (TPSA) is 70.2 Å². The van der Waals surface area contributed by atoms with Gasteiger partial charge in [-0.1, -0.05) is 24.3 Å². The maximum Gasteiger partial charge on any atom is 0.309 e. The van der Waals surface area contributed by atoms with Gasteiger partial charge in [0.05, 0.1) is 30.1 Å². The molecule has 2 aromatic carbocycles. The Kier molecular flexibility index (Phi) is 6.59. The fourth-order valence-electron chi connectivity index (χ4n) is 5.73. The van der Waals surface area contributed by atoms with Crippen molar-refractivity contribution < 1.29 is 19.1 Å². The molecular formula is C28H33N3O4S. The van der Waals surface area contributed by atoms with E-state index in [9.17, 15) is 14.4 Å². The van der Waals surface area contributed by atoms with Crippen molar-refractivity contribution in [2.24, 2.45) is 5.92 Å². The molecule has 2 aromatic rings. The third-order valence-electron chi connectivity index (χ3n) is 7.34. The molecule has 2 amide bonds. The Labute approximate surface area is 216 Å². The number of esters is 1. The van der Waals surface area contributed by atoms with E-state index in [2.05, 4.69) is 11.0 Å². The van der Waals surface area contributed by atoms with E-state index in [0.29, 0.717) is 39.2 Å². The van der Waals surface area contributed by atoms with Gasteiger partial charge in [0.1, 0.15) is 0 Å². The quantitative estimate of drug-likeness (QED) is 0.565. The molecule has 2 unspecified atom stereocenters. The fraction of sp³-hybridized carbons (Fsp3) is 0.464. The smallest absolute Gasteiger partial charge is 0.309 e. The lowest BCUT2D eigenvalue weighted by atomic mass is 9.97. The number of likely N-dealkylation sites (tertiary alicyclic amines) is 1. The molecule has 190 valence electrons. The first-order chi connectivity index (χ1) is 17.3. The van der Waals surface area contributed by atoms with E-state index >= 15 is 0 Å². The van der Waals surface area contributed by atoms with E-state index in [1.54, 1.807) is 4.90 Å². The second kappa shape index (κ2) is 9.56. The zero-order chi connectivity index (χ0) is 25.6. The lowest BCUT2D eigenvalue weighted by Crippen LogP contribution is -2.52. The zero-order valence-corrected chi connectivity index (χ0v) is 22.1. The van der Waals surface area contributed by atoms with Crippen LogP contribution in [-0.2, 0) is 24.0 Å². The Morgan fingerprint density at radius 1 is 1.08 bits per heavy atom. The number of para-hydroxylation sites is 1. The van der Waals surface area contributed by atoms with Crippen LogP contribution >= 0.6 is 11.8 Å². The maximum absolute atomic E-state index is 14.4. The van der Waals surface area contributed by atoms with Crippen molar-refractivity contribution in [1.29, 1.82) is 0 Å². The van der Waals surface area contributed by atoms with Gasteiger partial charge in [-0.25, -0.2) is 0 Å². The second-order valence-electron chi connectivity index (χ2n) is 9.96. The van der Waals surface area contributed by atoms with Gasteiger partial charge in [0.15, 0.2) is 0 Å². The molecular weight excluding hydrogens is 474 g/mol. The normalized spacial score (nSPS) is 24.6. The summed E-state index contributed by atoms with van der Waals surface area (Å²) in [4.78, 5) is 44.8. The predicted octanol–water partition coefficient (Wildman–Crippen LogP) is 4.20. The molecule has 2 saturated heterocycles. The summed E-state index contributed by atoms with van der Waals surface area (Å²) in [6, 6.07) is 13.9. The number of benzene rings is 2. The average Bonchev–Trinajstić information content (AvgIpc) is 3.25. The summed E-state index contributed by atoms with van der Waals surface area (Å²) in [5.41, 5.74) is 4.57.